The predicted octanol–water partition coefficient (Wildman–Crippen LogP) is 4.09. The number of carbonyl (C=O) groups is 2. The van der Waals surface area contributed by atoms with Crippen LogP contribution in [0.5, 0.6) is 5.75 Å². The van der Waals surface area contributed by atoms with E-state index in [1.165, 1.54) is 4.90 Å². The van der Waals surface area contributed by atoms with E-state index in [0.29, 0.717) is 24.4 Å². The number of amides is 2. The van der Waals surface area contributed by atoms with Gasteiger partial charge in [-0.05, 0) is 53.6 Å². The highest BCUT2D eigenvalue weighted by atomic mass is 32.2. The van der Waals surface area contributed by atoms with Crippen molar-refractivity contribution in [2.24, 2.45) is 0 Å². The zero-order chi connectivity index (χ0) is 27.8. The molecule has 0 saturated carbocycles. The van der Waals surface area contributed by atoms with E-state index in [1.807, 2.05) is 38.1 Å². The van der Waals surface area contributed by atoms with Crippen LogP contribution in [0, 0.1) is 0 Å². The minimum atomic E-state index is -3.78. The molecule has 37 heavy (non-hydrogen) atoms. The van der Waals surface area contributed by atoms with Crippen molar-refractivity contribution in [1.82, 2.24) is 10.2 Å². The molecule has 2 rings (SSSR count). The Labute approximate surface area is 222 Å². The maximum atomic E-state index is 13.7. The molecule has 1 N–H and O–H groups in total. The molecule has 0 aliphatic heterocycles. The second-order valence-corrected chi connectivity index (χ2v) is 12.1. The number of hydrogen-bond donors (Lipinski definition) is 1. The van der Waals surface area contributed by atoms with Gasteiger partial charge < -0.3 is 15.0 Å². The molecule has 2 aromatic rings. The summed E-state index contributed by atoms with van der Waals surface area (Å²) in [5.74, 6) is -0.0993. The fraction of sp³-hybridized carbons (Fsp3) is 0.500. The highest BCUT2D eigenvalue weighted by molar-refractivity contribution is 7.92. The molecule has 0 heterocycles. The quantitative estimate of drug-likeness (QED) is 0.445. The van der Waals surface area contributed by atoms with Crippen LogP contribution < -0.4 is 14.4 Å². The van der Waals surface area contributed by atoms with Crippen molar-refractivity contribution in [3.8, 4) is 5.75 Å². The lowest BCUT2D eigenvalue weighted by Crippen LogP contribution is -2.52. The number of anilines is 1. The second kappa shape index (κ2) is 12.9. The molecule has 0 aliphatic rings. The van der Waals surface area contributed by atoms with E-state index in [2.05, 4.69) is 26.1 Å². The summed E-state index contributed by atoms with van der Waals surface area (Å²) < 4.78 is 32.0. The van der Waals surface area contributed by atoms with Crippen molar-refractivity contribution in [1.29, 1.82) is 0 Å². The van der Waals surface area contributed by atoms with E-state index < -0.39 is 28.5 Å². The minimum Gasteiger partial charge on any atom is -0.497 e. The summed E-state index contributed by atoms with van der Waals surface area (Å²) in [6.45, 7) is 10.2. The zero-order valence-corrected chi connectivity index (χ0v) is 23.9. The molecule has 0 spiro atoms. The fourth-order valence-electron chi connectivity index (χ4n) is 3.99. The van der Waals surface area contributed by atoms with Gasteiger partial charge in [-0.2, -0.15) is 0 Å². The molecule has 9 heteroatoms. The molecular weight excluding hydrogens is 490 g/mol. The van der Waals surface area contributed by atoms with Gasteiger partial charge in [-0.15, -0.1) is 0 Å². The van der Waals surface area contributed by atoms with Gasteiger partial charge in [0.25, 0.3) is 0 Å². The van der Waals surface area contributed by atoms with Crippen molar-refractivity contribution in [3.05, 3.63) is 59.7 Å². The smallest absolute Gasteiger partial charge is 0.244 e. The number of rotatable bonds is 12. The lowest BCUT2D eigenvalue weighted by atomic mass is 9.87. The summed E-state index contributed by atoms with van der Waals surface area (Å²) in [6, 6.07) is 13.7. The predicted molar refractivity (Wildman–Crippen MR) is 148 cm³/mol. The molecule has 8 nitrogen and oxygen atoms in total. The number of benzene rings is 2. The first-order valence-electron chi connectivity index (χ1n) is 12.6. The Balaban J connectivity index is 2.45. The van der Waals surface area contributed by atoms with E-state index in [4.69, 9.17) is 4.74 Å². The van der Waals surface area contributed by atoms with E-state index in [0.717, 1.165) is 28.1 Å². The van der Waals surface area contributed by atoms with Crippen LogP contribution in [0.4, 0.5) is 5.69 Å². The average Bonchev–Trinajstić information content (AvgIpc) is 2.84. The van der Waals surface area contributed by atoms with Crippen LogP contribution in [-0.4, -0.2) is 57.6 Å². The van der Waals surface area contributed by atoms with Gasteiger partial charge in [-0.3, -0.25) is 13.9 Å². The van der Waals surface area contributed by atoms with E-state index in [1.54, 1.807) is 31.4 Å². The van der Waals surface area contributed by atoms with Crippen molar-refractivity contribution in [2.75, 3.05) is 30.8 Å². The molecule has 1 atom stereocenters. The van der Waals surface area contributed by atoms with Crippen LogP contribution in [0.2, 0.25) is 0 Å². The Morgan fingerprint density at radius 2 is 1.70 bits per heavy atom. The number of nitrogens with one attached hydrogen (secondary N) is 1. The van der Waals surface area contributed by atoms with Crippen molar-refractivity contribution in [2.45, 2.75) is 65.5 Å². The highest BCUT2D eigenvalue weighted by Gasteiger charge is 2.31. The molecule has 0 radical (unpaired) electrons. The van der Waals surface area contributed by atoms with Gasteiger partial charge in [0.2, 0.25) is 21.8 Å². The van der Waals surface area contributed by atoms with Crippen LogP contribution in [0.15, 0.2) is 48.5 Å². The molecule has 0 bridgehead atoms. The number of sulfonamides is 1. The Morgan fingerprint density at radius 1 is 1.05 bits per heavy atom. The summed E-state index contributed by atoms with van der Waals surface area (Å²) in [5.41, 5.74) is 2.12. The third-order valence-electron chi connectivity index (χ3n) is 6.12. The third-order valence-corrected chi connectivity index (χ3v) is 7.26. The lowest BCUT2D eigenvalue weighted by Gasteiger charge is -2.33. The molecule has 0 saturated heterocycles. The zero-order valence-electron chi connectivity index (χ0n) is 23.1. The average molecular weight is 532 g/mol. The summed E-state index contributed by atoms with van der Waals surface area (Å²) in [6.07, 6.45) is 2.22. The molecule has 2 aromatic carbocycles. The topological polar surface area (TPSA) is 96.0 Å². The Kier molecular flexibility index (Phi) is 10.5. The van der Waals surface area contributed by atoms with Gasteiger partial charge in [-0.25, -0.2) is 8.42 Å². The molecule has 0 fully saturated rings. The first kappa shape index (κ1) is 30.2. The molecular formula is C28H41N3O5S. The minimum absolute atomic E-state index is 0.0992. The lowest BCUT2D eigenvalue weighted by molar-refractivity contribution is -0.140. The van der Waals surface area contributed by atoms with Crippen LogP contribution in [0.3, 0.4) is 0 Å². The number of hydrogen-bond acceptors (Lipinski definition) is 5. The van der Waals surface area contributed by atoms with Crippen LogP contribution in [-0.2, 0) is 31.6 Å². The van der Waals surface area contributed by atoms with Crippen molar-refractivity contribution < 1.29 is 22.7 Å². The molecule has 0 aromatic heterocycles. The number of nitrogens with zero attached hydrogens (tertiary/aromatic N) is 2. The van der Waals surface area contributed by atoms with Gasteiger partial charge in [-0.1, -0.05) is 58.9 Å². The van der Waals surface area contributed by atoms with E-state index >= 15 is 0 Å². The van der Waals surface area contributed by atoms with E-state index in [9.17, 15) is 18.0 Å². The Hall–Kier alpha value is -3.07. The van der Waals surface area contributed by atoms with Gasteiger partial charge >= 0.3 is 0 Å². The largest absolute Gasteiger partial charge is 0.497 e. The van der Waals surface area contributed by atoms with Crippen LogP contribution in [0.25, 0.3) is 0 Å². The highest BCUT2D eigenvalue weighted by Crippen LogP contribution is 2.26. The standard InChI is InChI=1S/C28H41N3O5S/c1-8-17-29-27(33)25(9-2)30(19-21-11-10-12-24(18-21)36-6)26(32)20-31(37(7,34)35)23-15-13-22(14-16-23)28(3,4)5/h10-16,18,25H,8-9,17,19-20H2,1-7H3,(H,29,33)/t25-/m0/s1. The monoisotopic (exact) mass is 531 g/mol. The number of ether oxygens (including phenoxy) is 1. The summed E-state index contributed by atoms with van der Waals surface area (Å²) >= 11 is 0. The van der Waals surface area contributed by atoms with Gasteiger partial charge in [0.1, 0.15) is 18.3 Å². The Morgan fingerprint density at radius 3 is 2.22 bits per heavy atom. The van der Waals surface area contributed by atoms with Crippen molar-refractivity contribution >= 4 is 27.5 Å². The first-order chi connectivity index (χ1) is 17.3. The second-order valence-electron chi connectivity index (χ2n) is 10.2. The van der Waals surface area contributed by atoms with E-state index in [-0.39, 0.29) is 17.9 Å². The summed E-state index contributed by atoms with van der Waals surface area (Å²) in [7, 11) is -2.22. The van der Waals surface area contributed by atoms with Crippen LogP contribution in [0.1, 0.15) is 58.6 Å². The number of methoxy groups -OCH3 is 1. The fourth-order valence-corrected chi connectivity index (χ4v) is 4.84. The SMILES string of the molecule is CCCNC(=O)[C@H](CC)N(Cc1cccc(OC)c1)C(=O)CN(c1ccc(C(C)(C)C)cc1)S(C)(=O)=O. The first-order valence-corrected chi connectivity index (χ1v) is 14.4. The summed E-state index contributed by atoms with van der Waals surface area (Å²) in [4.78, 5) is 28.2. The Bertz CT molecular complexity index is 1160. The molecule has 0 aliphatic carbocycles. The number of carbonyl (C=O) groups excluding carboxylic acids is 2. The van der Waals surface area contributed by atoms with Crippen molar-refractivity contribution in [3.63, 3.8) is 0 Å². The van der Waals surface area contributed by atoms with Gasteiger partial charge in [0.05, 0.1) is 19.1 Å². The maximum absolute atomic E-state index is 13.7. The third kappa shape index (κ3) is 8.49. The summed E-state index contributed by atoms with van der Waals surface area (Å²) in [5, 5.41) is 2.87. The molecule has 204 valence electrons. The van der Waals surface area contributed by atoms with Crippen LogP contribution >= 0.6 is 0 Å². The molecule has 0 unspecified atom stereocenters. The van der Waals surface area contributed by atoms with Gasteiger partial charge in [0, 0.05) is 13.1 Å². The van der Waals surface area contributed by atoms with Gasteiger partial charge in [0.15, 0.2) is 0 Å². The maximum Gasteiger partial charge on any atom is 0.244 e. The molecule has 2 amide bonds. The normalized spacial score (nSPS) is 12.5.